The molecule has 8 heteroatoms. The number of nitriles is 1. The van der Waals surface area contributed by atoms with Gasteiger partial charge in [0, 0.05) is 15.2 Å². The highest BCUT2D eigenvalue weighted by Crippen LogP contribution is 2.38. The zero-order valence-electron chi connectivity index (χ0n) is 13.3. The first-order valence-electron chi connectivity index (χ1n) is 7.79. The van der Waals surface area contributed by atoms with Gasteiger partial charge in [0.1, 0.15) is 6.07 Å². The van der Waals surface area contributed by atoms with E-state index in [1.165, 1.54) is 12.1 Å². The van der Waals surface area contributed by atoms with E-state index in [0.717, 1.165) is 0 Å². The van der Waals surface area contributed by atoms with Crippen LogP contribution in [0.3, 0.4) is 0 Å². The summed E-state index contributed by atoms with van der Waals surface area (Å²) in [6.07, 6.45) is 0. The molecule has 0 fully saturated rings. The molecule has 3 aromatic carbocycles. The van der Waals surface area contributed by atoms with Crippen LogP contribution < -0.4 is 22.2 Å². The maximum absolute atomic E-state index is 12.0. The fourth-order valence-electron chi connectivity index (χ4n) is 3.61. The van der Waals surface area contributed by atoms with Crippen molar-refractivity contribution < 1.29 is 0 Å². The Morgan fingerprint density at radius 2 is 0.963 bits per heavy atom. The van der Waals surface area contributed by atoms with Crippen molar-refractivity contribution in [2.45, 2.75) is 0 Å². The van der Waals surface area contributed by atoms with Gasteiger partial charge in [0.05, 0.1) is 27.1 Å². The molecule has 0 spiro atoms. The highest BCUT2D eigenvalue weighted by atomic mass is 79.9. The van der Waals surface area contributed by atoms with Gasteiger partial charge < -0.3 is 0 Å². The lowest BCUT2D eigenvalue weighted by molar-refractivity contribution is 1.26. The molecule has 2 aromatic heterocycles. The summed E-state index contributed by atoms with van der Waals surface area (Å²) in [6, 6.07) is 8.23. The third kappa shape index (κ3) is 1.89. The lowest BCUT2D eigenvalue weighted by Gasteiger charge is -2.10. The smallest absolute Gasteiger partial charge is 0.258 e. The van der Waals surface area contributed by atoms with Crippen molar-refractivity contribution in [1.82, 2.24) is 9.97 Å². The van der Waals surface area contributed by atoms with Gasteiger partial charge >= 0.3 is 0 Å². The summed E-state index contributed by atoms with van der Waals surface area (Å²) < 4.78 is 0.566. The number of benzene rings is 3. The number of aromatic amines is 2. The Morgan fingerprint density at radius 3 is 1.30 bits per heavy atom. The van der Waals surface area contributed by atoms with Crippen LogP contribution in [0.4, 0.5) is 0 Å². The van der Waals surface area contributed by atoms with E-state index >= 15 is 0 Å². The predicted octanol–water partition coefficient (Wildman–Crippen LogP) is 1.91. The van der Waals surface area contributed by atoms with Gasteiger partial charge in [-0.3, -0.25) is 29.1 Å². The lowest BCUT2D eigenvalue weighted by Crippen LogP contribution is -2.05. The summed E-state index contributed by atoms with van der Waals surface area (Å²) in [5.74, 6) is 0. The predicted molar refractivity (Wildman–Crippen MR) is 105 cm³/mol. The summed E-state index contributed by atoms with van der Waals surface area (Å²) in [4.78, 5) is 52.4. The van der Waals surface area contributed by atoms with Crippen LogP contribution in [0.2, 0.25) is 0 Å². The summed E-state index contributed by atoms with van der Waals surface area (Å²) in [7, 11) is 0. The monoisotopic (exact) mass is 419 g/mol. The number of hydrogen-bond donors (Lipinski definition) is 2. The SMILES string of the molecule is N#Cc1c2cc3c(=O)[nH]c(=O)c3cc2c(Br)c2cc3c(=O)[nH]c(=O)c3cc12. The van der Waals surface area contributed by atoms with Crippen LogP contribution in [-0.2, 0) is 0 Å². The molecule has 0 atom stereocenters. The molecule has 0 aliphatic heterocycles. The van der Waals surface area contributed by atoms with E-state index in [0.29, 0.717) is 26.0 Å². The number of nitrogens with zero attached hydrogens (tertiary/aromatic N) is 1. The molecule has 5 rings (SSSR count). The minimum Gasteiger partial charge on any atom is -0.288 e. The van der Waals surface area contributed by atoms with Crippen LogP contribution in [-0.4, -0.2) is 9.97 Å². The van der Waals surface area contributed by atoms with Crippen LogP contribution in [0.1, 0.15) is 5.56 Å². The molecule has 0 aliphatic rings. The van der Waals surface area contributed by atoms with Crippen molar-refractivity contribution in [3.8, 4) is 6.07 Å². The Morgan fingerprint density at radius 1 is 0.630 bits per heavy atom. The number of H-pyrrole nitrogens is 2. The Labute approximate surface area is 156 Å². The number of aromatic nitrogens is 2. The van der Waals surface area contributed by atoms with E-state index in [4.69, 9.17) is 0 Å². The Balaban J connectivity index is 2.15. The van der Waals surface area contributed by atoms with Gasteiger partial charge in [0.25, 0.3) is 22.2 Å². The molecule has 0 amide bonds. The maximum Gasteiger partial charge on any atom is 0.258 e. The Kier molecular flexibility index (Phi) is 2.90. The third-order valence-electron chi connectivity index (χ3n) is 4.87. The minimum absolute atomic E-state index is 0.198. The fourth-order valence-corrected chi connectivity index (χ4v) is 4.27. The summed E-state index contributed by atoms with van der Waals surface area (Å²) in [5.41, 5.74) is -1.78. The van der Waals surface area contributed by atoms with Crippen LogP contribution in [0, 0.1) is 11.3 Å². The number of nitrogens with one attached hydrogen (secondary N) is 2. The molecule has 128 valence electrons. The van der Waals surface area contributed by atoms with Crippen LogP contribution in [0.15, 0.2) is 47.9 Å². The number of fused-ring (bicyclic) bond motifs is 4. The van der Waals surface area contributed by atoms with Crippen LogP contribution in [0.5, 0.6) is 0 Å². The quantitative estimate of drug-likeness (QED) is 0.371. The van der Waals surface area contributed by atoms with Crippen molar-refractivity contribution in [3.05, 3.63) is 75.7 Å². The van der Waals surface area contributed by atoms with Crippen molar-refractivity contribution in [1.29, 1.82) is 5.26 Å². The molecule has 0 bridgehead atoms. The van der Waals surface area contributed by atoms with Gasteiger partial charge in [-0.25, -0.2) is 0 Å². The molecule has 2 heterocycles. The van der Waals surface area contributed by atoms with Crippen molar-refractivity contribution in [3.63, 3.8) is 0 Å². The number of halogens is 1. The number of rotatable bonds is 0. The number of hydrogen-bond acceptors (Lipinski definition) is 5. The molecule has 0 saturated heterocycles. The molecule has 27 heavy (non-hydrogen) atoms. The highest BCUT2D eigenvalue weighted by molar-refractivity contribution is 9.10. The zero-order chi connectivity index (χ0) is 19.0. The first-order chi connectivity index (χ1) is 12.9. The van der Waals surface area contributed by atoms with Gasteiger partial charge in [-0.1, -0.05) is 0 Å². The topological polar surface area (TPSA) is 124 Å². The van der Waals surface area contributed by atoms with Crippen molar-refractivity contribution in [2.24, 2.45) is 0 Å². The summed E-state index contributed by atoms with van der Waals surface area (Å²) in [5, 5.41) is 12.7. The van der Waals surface area contributed by atoms with Gasteiger partial charge in [0.2, 0.25) is 0 Å². The molecule has 5 aromatic rings. The van der Waals surface area contributed by atoms with Crippen molar-refractivity contribution >= 4 is 59.0 Å². The molecule has 0 radical (unpaired) electrons. The largest absolute Gasteiger partial charge is 0.288 e. The molecule has 7 nitrogen and oxygen atoms in total. The van der Waals surface area contributed by atoms with E-state index in [2.05, 4.69) is 32.0 Å². The Hall–Kier alpha value is -3.57. The Bertz CT molecular complexity index is 1610. The minimum atomic E-state index is -0.518. The second-order valence-electron chi connectivity index (χ2n) is 6.25. The molecule has 0 aliphatic carbocycles. The standard InChI is InChI=1S/C19H6BrN3O4/c20-15-8-3-12-10(16(24)22-18(12)26)1-6(8)14(5-21)7-2-11-13(4-9(7)15)19(27)23-17(11)25/h1-4H,(H,22,24,26)(H,23,25,27). The molecule has 0 saturated carbocycles. The third-order valence-corrected chi connectivity index (χ3v) is 5.73. The zero-order valence-corrected chi connectivity index (χ0v) is 14.9. The highest BCUT2D eigenvalue weighted by Gasteiger charge is 2.18. The van der Waals surface area contributed by atoms with Gasteiger partial charge in [-0.2, -0.15) is 5.26 Å². The molecule has 0 unspecified atom stereocenters. The second kappa shape index (κ2) is 4.99. The van der Waals surface area contributed by atoms with E-state index in [-0.39, 0.29) is 27.1 Å². The van der Waals surface area contributed by atoms with E-state index < -0.39 is 22.2 Å². The van der Waals surface area contributed by atoms with E-state index in [1.807, 2.05) is 0 Å². The van der Waals surface area contributed by atoms with E-state index in [1.54, 1.807) is 12.1 Å². The molecule has 2 N–H and O–H groups in total. The van der Waals surface area contributed by atoms with Crippen molar-refractivity contribution in [2.75, 3.05) is 0 Å². The van der Waals surface area contributed by atoms with Gasteiger partial charge in [-0.15, -0.1) is 0 Å². The molecular formula is C19H6BrN3O4. The lowest BCUT2D eigenvalue weighted by atomic mass is 9.94. The summed E-state index contributed by atoms with van der Waals surface area (Å²) >= 11 is 3.49. The van der Waals surface area contributed by atoms with Crippen LogP contribution in [0.25, 0.3) is 43.1 Å². The van der Waals surface area contributed by atoms with Crippen LogP contribution >= 0.6 is 15.9 Å². The molecular weight excluding hydrogens is 414 g/mol. The van der Waals surface area contributed by atoms with Gasteiger partial charge in [0.15, 0.2) is 0 Å². The normalized spacial score (nSPS) is 11.7. The maximum atomic E-state index is 12.0. The average Bonchev–Trinajstić information content (AvgIpc) is 3.08. The summed E-state index contributed by atoms with van der Waals surface area (Å²) in [6.45, 7) is 0. The van der Waals surface area contributed by atoms with E-state index in [9.17, 15) is 24.4 Å². The second-order valence-corrected chi connectivity index (χ2v) is 7.05. The average molecular weight is 420 g/mol. The van der Waals surface area contributed by atoms with Gasteiger partial charge in [-0.05, 0) is 51.0 Å². The fraction of sp³-hybridized carbons (Fsp3) is 0. The first kappa shape index (κ1) is 15.7. The first-order valence-corrected chi connectivity index (χ1v) is 8.58.